The number of aliphatic hydroxyl groups excluding tert-OH is 1. The fraction of sp³-hybridized carbons (Fsp3) is 0.273. The van der Waals surface area contributed by atoms with Gasteiger partial charge in [0, 0.05) is 30.3 Å². The molecule has 2 aromatic rings. The highest BCUT2D eigenvalue weighted by Gasteiger charge is 2.46. The molecule has 0 spiro atoms. The summed E-state index contributed by atoms with van der Waals surface area (Å²) in [7, 11) is 2.99. The molecule has 0 aliphatic carbocycles. The zero-order valence-corrected chi connectivity index (χ0v) is 18.2. The number of nitrogens with zero attached hydrogens (tertiary/aromatic N) is 1. The summed E-state index contributed by atoms with van der Waals surface area (Å²) in [6.45, 7) is 0.670. The van der Waals surface area contributed by atoms with Gasteiger partial charge in [0.2, 0.25) is 0 Å². The number of halogens is 1. The van der Waals surface area contributed by atoms with Crippen LogP contribution in [0.4, 0.5) is 0 Å². The van der Waals surface area contributed by atoms with E-state index in [2.05, 4.69) is 15.9 Å². The van der Waals surface area contributed by atoms with Crippen molar-refractivity contribution < 1.29 is 29.3 Å². The summed E-state index contributed by atoms with van der Waals surface area (Å²) in [4.78, 5) is 27.1. The van der Waals surface area contributed by atoms with Gasteiger partial charge in [-0.15, -0.1) is 0 Å². The first-order valence-electron chi connectivity index (χ1n) is 9.29. The van der Waals surface area contributed by atoms with Gasteiger partial charge in [-0.3, -0.25) is 9.59 Å². The van der Waals surface area contributed by atoms with Crippen LogP contribution in [0.15, 0.2) is 52.5 Å². The van der Waals surface area contributed by atoms with E-state index in [0.29, 0.717) is 24.2 Å². The Morgan fingerprint density at radius 3 is 2.43 bits per heavy atom. The quantitative estimate of drug-likeness (QED) is 0.274. The minimum Gasteiger partial charge on any atom is -0.507 e. The van der Waals surface area contributed by atoms with E-state index in [-0.39, 0.29) is 29.4 Å². The van der Waals surface area contributed by atoms with Crippen molar-refractivity contribution in [2.45, 2.75) is 12.5 Å². The third kappa shape index (κ3) is 4.20. The van der Waals surface area contributed by atoms with Crippen LogP contribution in [-0.2, 0) is 14.3 Å². The van der Waals surface area contributed by atoms with E-state index >= 15 is 0 Å². The Kier molecular flexibility index (Phi) is 6.79. The third-order valence-electron chi connectivity index (χ3n) is 4.92. The Labute approximate surface area is 182 Å². The molecule has 1 amide bonds. The van der Waals surface area contributed by atoms with Crippen LogP contribution in [0.1, 0.15) is 23.6 Å². The second-order valence-electron chi connectivity index (χ2n) is 6.78. The maximum atomic E-state index is 12.9. The van der Waals surface area contributed by atoms with E-state index in [1.165, 1.54) is 18.1 Å². The predicted molar refractivity (Wildman–Crippen MR) is 114 cm³/mol. The van der Waals surface area contributed by atoms with E-state index in [9.17, 15) is 19.8 Å². The molecule has 2 N–H and O–H groups in total. The molecule has 8 heteroatoms. The first-order chi connectivity index (χ1) is 14.4. The number of Topliss-reactive ketones (excluding diaryl/α,β-unsaturated/α-hetero) is 1. The maximum Gasteiger partial charge on any atom is 0.295 e. The van der Waals surface area contributed by atoms with Crippen molar-refractivity contribution in [3.05, 3.63) is 63.6 Å². The molecule has 7 nitrogen and oxygen atoms in total. The Bertz CT molecular complexity index is 986. The number of likely N-dealkylation sites (tertiary alicyclic amines) is 1. The van der Waals surface area contributed by atoms with Gasteiger partial charge in [0.25, 0.3) is 11.7 Å². The molecule has 1 fully saturated rings. The molecule has 1 aliphatic rings. The Balaban J connectivity index is 2.13. The second-order valence-corrected chi connectivity index (χ2v) is 7.69. The number of amides is 1. The Hall–Kier alpha value is -2.84. The smallest absolute Gasteiger partial charge is 0.295 e. The highest BCUT2D eigenvalue weighted by molar-refractivity contribution is 9.10. The van der Waals surface area contributed by atoms with E-state index < -0.39 is 17.7 Å². The number of benzene rings is 2. The van der Waals surface area contributed by atoms with Gasteiger partial charge in [0.05, 0.1) is 18.7 Å². The van der Waals surface area contributed by atoms with E-state index in [0.717, 1.165) is 4.47 Å². The van der Waals surface area contributed by atoms with Crippen molar-refractivity contribution in [3.63, 3.8) is 0 Å². The lowest BCUT2D eigenvalue weighted by molar-refractivity contribution is -0.140. The van der Waals surface area contributed by atoms with Crippen LogP contribution in [0.3, 0.4) is 0 Å². The molecule has 1 aliphatic heterocycles. The van der Waals surface area contributed by atoms with Gasteiger partial charge < -0.3 is 24.6 Å². The molecule has 158 valence electrons. The molecule has 0 bridgehead atoms. The van der Waals surface area contributed by atoms with Gasteiger partial charge in [0.15, 0.2) is 11.5 Å². The number of methoxy groups -OCH3 is 2. The first kappa shape index (κ1) is 21.9. The molecule has 0 radical (unpaired) electrons. The first-order valence-corrected chi connectivity index (χ1v) is 10.1. The molecule has 1 unspecified atom stereocenters. The van der Waals surface area contributed by atoms with Gasteiger partial charge >= 0.3 is 0 Å². The molecular formula is C22H22BrNO6. The van der Waals surface area contributed by atoms with Crippen LogP contribution >= 0.6 is 15.9 Å². The van der Waals surface area contributed by atoms with Gasteiger partial charge in [-0.05, 0) is 36.2 Å². The number of hydrogen-bond acceptors (Lipinski definition) is 6. The van der Waals surface area contributed by atoms with Crippen LogP contribution in [0.25, 0.3) is 5.76 Å². The number of ketones is 1. The second kappa shape index (κ2) is 9.32. The molecule has 1 saturated heterocycles. The van der Waals surface area contributed by atoms with Crippen molar-refractivity contribution >= 4 is 33.4 Å². The van der Waals surface area contributed by atoms with Crippen molar-refractivity contribution in [1.29, 1.82) is 0 Å². The van der Waals surface area contributed by atoms with Gasteiger partial charge in [-0.25, -0.2) is 0 Å². The molecule has 0 aromatic heterocycles. The monoisotopic (exact) mass is 475 g/mol. The molecule has 0 saturated carbocycles. The molecule has 1 atom stereocenters. The Morgan fingerprint density at radius 2 is 1.83 bits per heavy atom. The molecule has 1 heterocycles. The third-order valence-corrected chi connectivity index (χ3v) is 5.45. The number of phenols is 1. The largest absolute Gasteiger partial charge is 0.507 e. The lowest BCUT2D eigenvalue weighted by atomic mass is 9.95. The van der Waals surface area contributed by atoms with Gasteiger partial charge in [-0.2, -0.15) is 0 Å². The topological polar surface area (TPSA) is 96.3 Å². The average Bonchev–Trinajstić information content (AvgIpc) is 2.99. The minimum absolute atomic E-state index is 0.0238. The normalized spacial score (nSPS) is 18.1. The van der Waals surface area contributed by atoms with E-state index in [4.69, 9.17) is 9.47 Å². The lowest BCUT2D eigenvalue weighted by Crippen LogP contribution is -2.31. The molecule has 3 rings (SSSR count). The van der Waals surface area contributed by atoms with Crippen LogP contribution in [-0.4, -0.2) is 54.2 Å². The van der Waals surface area contributed by atoms with Crippen molar-refractivity contribution in [2.75, 3.05) is 27.4 Å². The highest BCUT2D eigenvalue weighted by atomic mass is 79.9. The zero-order valence-electron chi connectivity index (χ0n) is 16.6. The SMILES string of the molecule is COCCCN1C(=O)C(=O)/C(=C(\O)c2ccc(Br)cc2)C1c1ccc(OC)c(O)c1. The summed E-state index contributed by atoms with van der Waals surface area (Å²) in [5.41, 5.74) is 0.878. The number of hydrogen-bond donors (Lipinski definition) is 2. The maximum absolute atomic E-state index is 12.9. The highest BCUT2D eigenvalue weighted by Crippen LogP contribution is 2.41. The molecular weight excluding hydrogens is 454 g/mol. The molecule has 30 heavy (non-hydrogen) atoms. The summed E-state index contributed by atoms with van der Waals surface area (Å²) in [5.74, 6) is -1.60. The standard InChI is InChI=1S/C22H22BrNO6/c1-29-11-3-10-24-19(14-6-9-17(30-2)16(25)12-14)18(21(27)22(24)28)20(26)13-4-7-15(23)8-5-13/h4-9,12,19,25-26H,3,10-11H2,1-2H3/b20-18-. The summed E-state index contributed by atoms with van der Waals surface area (Å²) < 4.78 is 11.0. The van der Waals surface area contributed by atoms with Crippen molar-refractivity contribution in [2.24, 2.45) is 0 Å². The van der Waals surface area contributed by atoms with Gasteiger partial charge in [-0.1, -0.05) is 34.1 Å². The fourth-order valence-electron chi connectivity index (χ4n) is 3.48. The predicted octanol–water partition coefficient (Wildman–Crippen LogP) is 3.62. The summed E-state index contributed by atoms with van der Waals surface area (Å²) in [6.07, 6.45) is 0.514. The number of aromatic hydroxyl groups is 1. The Morgan fingerprint density at radius 1 is 1.13 bits per heavy atom. The van der Waals surface area contributed by atoms with Crippen molar-refractivity contribution in [3.8, 4) is 11.5 Å². The number of aliphatic hydroxyl groups is 1. The zero-order chi connectivity index (χ0) is 21.8. The summed E-state index contributed by atoms with van der Waals surface area (Å²) in [5, 5.41) is 21.2. The lowest BCUT2D eigenvalue weighted by Gasteiger charge is -2.25. The summed E-state index contributed by atoms with van der Waals surface area (Å²) >= 11 is 3.34. The van der Waals surface area contributed by atoms with E-state index in [1.807, 2.05) is 0 Å². The van der Waals surface area contributed by atoms with Crippen molar-refractivity contribution in [1.82, 2.24) is 4.90 Å². The van der Waals surface area contributed by atoms with Crippen LogP contribution in [0, 0.1) is 0 Å². The van der Waals surface area contributed by atoms with Crippen LogP contribution in [0.5, 0.6) is 11.5 Å². The average molecular weight is 476 g/mol. The fourth-order valence-corrected chi connectivity index (χ4v) is 3.74. The van der Waals surface area contributed by atoms with Crippen LogP contribution < -0.4 is 4.74 Å². The number of carbonyl (C=O) groups excluding carboxylic acids is 2. The number of carbonyl (C=O) groups is 2. The number of phenolic OH excluding ortho intramolecular Hbond substituents is 1. The van der Waals surface area contributed by atoms with E-state index in [1.54, 1.807) is 43.5 Å². The van der Waals surface area contributed by atoms with Crippen LogP contribution in [0.2, 0.25) is 0 Å². The van der Waals surface area contributed by atoms with Gasteiger partial charge in [0.1, 0.15) is 5.76 Å². The number of ether oxygens (including phenoxy) is 2. The summed E-state index contributed by atoms with van der Waals surface area (Å²) in [6, 6.07) is 10.6. The number of rotatable bonds is 7. The minimum atomic E-state index is -0.845. The molecule has 2 aromatic carbocycles.